The van der Waals surface area contributed by atoms with Crippen molar-refractivity contribution in [3.8, 4) is 0 Å². The SMILES string of the molecule is CN(CC[NH+](C)C)C(=O)C(C)(C)CC(C)(C)C. The largest absolute Gasteiger partial charge is 0.340 e. The maximum atomic E-state index is 12.4. The molecule has 0 unspecified atom stereocenters. The molecular formula is C14H31N2O+. The number of hydrogen-bond acceptors (Lipinski definition) is 1. The van der Waals surface area contributed by atoms with Gasteiger partial charge in [-0.25, -0.2) is 0 Å². The number of amides is 1. The fourth-order valence-electron chi connectivity index (χ4n) is 2.41. The number of quaternary nitrogens is 1. The first-order chi connectivity index (χ1) is 7.46. The summed E-state index contributed by atoms with van der Waals surface area (Å²) in [5, 5.41) is 0. The van der Waals surface area contributed by atoms with Gasteiger partial charge in [0.05, 0.1) is 27.2 Å². The smallest absolute Gasteiger partial charge is 0.228 e. The molecule has 0 bridgehead atoms. The van der Waals surface area contributed by atoms with E-state index in [1.165, 1.54) is 4.90 Å². The molecule has 17 heavy (non-hydrogen) atoms. The molecule has 0 heterocycles. The summed E-state index contributed by atoms with van der Waals surface area (Å²) in [4.78, 5) is 15.6. The van der Waals surface area contributed by atoms with Gasteiger partial charge in [0.2, 0.25) is 5.91 Å². The van der Waals surface area contributed by atoms with Crippen LogP contribution in [0.1, 0.15) is 41.0 Å². The van der Waals surface area contributed by atoms with Crippen LogP contribution >= 0.6 is 0 Å². The maximum absolute atomic E-state index is 12.4. The van der Waals surface area contributed by atoms with Crippen LogP contribution in [0.15, 0.2) is 0 Å². The van der Waals surface area contributed by atoms with Crippen LogP contribution in [0.4, 0.5) is 0 Å². The summed E-state index contributed by atoms with van der Waals surface area (Å²) in [5.41, 5.74) is -0.0819. The molecule has 0 saturated heterocycles. The summed E-state index contributed by atoms with van der Waals surface area (Å²) in [6.45, 7) is 12.5. The molecule has 0 atom stereocenters. The van der Waals surface area contributed by atoms with Crippen LogP contribution in [0, 0.1) is 10.8 Å². The molecule has 0 aromatic heterocycles. The molecule has 0 aliphatic carbocycles. The van der Waals surface area contributed by atoms with Gasteiger partial charge in [-0.05, 0) is 11.8 Å². The zero-order valence-corrected chi connectivity index (χ0v) is 13.0. The van der Waals surface area contributed by atoms with E-state index in [0.717, 1.165) is 19.5 Å². The summed E-state index contributed by atoms with van der Waals surface area (Å²) < 4.78 is 0. The minimum absolute atomic E-state index is 0.187. The van der Waals surface area contributed by atoms with Crippen LogP contribution in [0.5, 0.6) is 0 Å². The van der Waals surface area contributed by atoms with Gasteiger partial charge in [-0.1, -0.05) is 34.6 Å². The Morgan fingerprint density at radius 3 is 1.94 bits per heavy atom. The first-order valence-electron chi connectivity index (χ1n) is 6.50. The van der Waals surface area contributed by atoms with Crippen molar-refractivity contribution in [3.63, 3.8) is 0 Å². The van der Waals surface area contributed by atoms with Crippen molar-refractivity contribution in [2.45, 2.75) is 41.0 Å². The van der Waals surface area contributed by atoms with Crippen LogP contribution < -0.4 is 4.90 Å². The van der Waals surface area contributed by atoms with E-state index in [1.54, 1.807) is 0 Å². The molecule has 3 heteroatoms. The third kappa shape index (κ3) is 6.67. The number of nitrogens with zero attached hydrogens (tertiary/aromatic N) is 1. The highest BCUT2D eigenvalue weighted by atomic mass is 16.2. The highest BCUT2D eigenvalue weighted by Gasteiger charge is 2.34. The molecule has 0 aromatic carbocycles. The Bertz CT molecular complexity index is 251. The van der Waals surface area contributed by atoms with Crippen LogP contribution in [0.25, 0.3) is 0 Å². The molecule has 0 aromatic rings. The number of likely N-dealkylation sites (N-methyl/N-ethyl adjacent to an activating group) is 2. The predicted octanol–water partition coefficient (Wildman–Crippen LogP) is 1.05. The van der Waals surface area contributed by atoms with Crippen LogP contribution in [-0.4, -0.2) is 45.0 Å². The van der Waals surface area contributed by atoms with Crippen molar-refractivity contribution in [3.05, 3.63) is 0 Å². The third-order valence-corrected chi connectivity index (χ3v) is 2.85. The average molecular weight is 243 g/mol. The Morgan fingerprint density at radius 2 is 1.59 bits per heavy atom. The number of carbonyl (C=O) groups excluding carboxylic acids is 1. The molecule has 0 aliphatic heterocycles. The monoisotopic (exact) mass is 243 g/mol. The van der Waals surface area contributed by atoms with E-state index >= 15 is 0 Å². The molecule has 0 rings (SSSR count). The van der Waals surface area contributed by atoms with Gasteiger partial charge in [-0.15, -0.1) is 0 Å². The molecule has 0 fully saturated rings. The standard InChI is InChI=1S/C14H30N2O/c1-13(2,3)11-14(4,5)12(17)16(8)10-9-15(6)7/h9-11H2,1-8H3/p+1. The summed E-state index contributed by atoms with van der Waals surface area (Å²) in [5.74, 6) is 0.258. The van der Waals surface area contributed by atoms with Gasteiger partial charge in [0, 0.05) is 12.5 Å². The fourth-order valence-corrected chi connectivity index (χ4v) is 2.41. The minimum atomic E-state index is -0.269. The third-order valence-electron chi connectivity index (χ3n) is 2.85. The quantitative estimate of drug-likeness (QED) is 0.767. The lowest BCUT2D eigenvalue weighted by molar-refractivity contribution is -0.857. The van der Waals surface area contributed by atoms with Crippen LogP contribution in [-0.2, 0) is 4.79 Å². The Hall–Kier alpha value is -0.570. The lowest BCUT2D eigenvalue weighted by atomic mass is 9.75. The Labute approximate surface area is 107 Å². The molecule has 0 aliphatic rings. The van der Waals surface area contributed by atoms with Crippen LogP contribution in [0.3, 0.4) is 0 Å². The van der Waals surface area contributed by atoms with Gasteiger partial charge >= 0.3 is 0 Å². The fraction of sp³-hybridized carbons (Fsp3) is 0.929. The molecule has 3 nitrogen and oxygen atoms in total. The topological polar surface area (TPSA) is 24.8 Å². The molecule has 102 valence electrons. The Morgan fingerprint density at radius 1 is 1.12 bits per heavy atom. The molecule has 1 amide bonds. The first kappa shape index (κ1) is 16.4. The van der Waals surface area contributed by atoms with Gasteiger partial charge in [-0.2, -0.15) is 0 Å². The number of carbonyl (C=O) groups is 1. The summed E-state index contributed by atoms with van der Waals surface area (Å²) in [7, 11) is 6.13. The second kappa shape index (κ2) is 5.85. The summed E-state index contributed by atoms with van der Waals surface area (Å²) >= 11 is 0. The van der Waals surface area contributed by atoms with Crippen molar-refractivity contribution in [2.24, 2.45) is 10.8 Å². The zero-order chi connectivity index (χ0) is 13.9. The molecule has 0 saturated carbocycles. The average Bonchev–Trinajstić information content (AvgIpc) is 2.08. The Balaban J connectivity index is 4.46. The highest BCUT2D eigenvalue weighted by molar-refractivity contribution is 5.81. The van der Waals surface area contributed by atoms with Crippen molar-refractivity contribution in [2.75, 3.05) is 34.2 Å². The number of rotatable bonds is 5. The lowest BCUT2D eigenvalue weighted by Gasteiger charge is -2.34. The van der Waals surface area contributed by atoms with E-state index in [2.05, 4.69) is 48.7 Å². The lowest BCUT2D eigenvalue weighted by Crippen LogP contribution is -3.06. The van der Waals surface area contributed by atoms with E-state index in [-0.39, 0.29) is 16.7 Å². The van der Waals surface area contributed by atoms with Gasteiger partial charge in [0.1, 0.15) is 0 Å². The molecule has 0 radical (unpaired) electrons. The first-order valence-corrected chi connectivity index (χ1v) is 6.50. The Kier molecular flexibility index (Phi) is 5.66. The number of nitrogens with one attached hydrogen (secondary N) is 1. The van der Waals surface area contributed by atoms with Gasteiger partial charge in [0.15, 0.2) is 0 Å². The van der Waals surface area contributed by atoms with Crippen molar-refractivity contribution in [1.82, 2.24) is 4.90 Å². The second-order valence-electron chi connectivity index (χ2n) is 7.31. The van der Waals surface area contributed by atoms with Gasteiger partial charge in [0.25, 0.3) is 0 Å². The van der Waals surface area contributed by atoms with Crippen molar-refractivity contribution < 1.29 is 9.69 Å². The highest BCUT2D eigenvalue weighted by Crippen LogP contribution is 2.34. The summed E-state index contributed by atoms with van der Waals surface area (Å²) in [6, 6.07) is 0. The predicted molar refractivity (Wildman–Crippen MR) is 73.2 cm³/mol. The van der Waals surface area contributed by atoms with Gasteiger partial charge < -0.3 is 9.80 Å². The van der Waals surface area contributed by atoms with E-state index in [0.29, 0.717) is 0 Å². The molecule has 0 spiro atoms. The molecule has 1 N–H and O–H groups in total. The van der Waals surface area contributed by atoms with E-state index in [9.17, 15) is 4.79 Å². The zero-order valence-electron chi connectivity index (χ0n) is 13.0. The number of hydrogen-bond donors (Lipinski definition) is 1. The van der Waals surface area contributed by atoms with E-state index < -0.39 is 0 Å². The van der Waals surface area contributed by atoms with Gasteiger partial charge in [-0.3, -0.25) is 4.79 Å². The minimum Gasteiger partial charge on any atom is -0.340 e. The van der Waals surface area contributed by atoms with Crippen LogP contribution in [0.2, 0.25) is 0 Å². The summed E-state index contributed by atoms with van der Waals surface area (Å²) in [6.07, 6.45) is 0.915. The second-order valence-corrected chi connectivity index (χ2v) is 7.31. The van der Waals surface area contributed by atoms with Crippen molar-refractivity contribution in [1.29, 1.82) is 0 Å². The normalized spacial score (nSPS) is 13.0. The molecular weight excluding hydrogens is 212 g/mol. The van der Waals surface area contributed by atoms with Crippen molar-refractivity contribution >= 4 is 5.91 Å². The van der Waals surface area contributed by atoms with E-state index in [4.69, 9.17) is 0 Å². The maximum Gasteiger partial charge on any atom is 0.228 e. The van der Waals surface area contributed by atoms with E-state index in [1.807, 2.05) is 11.9 Å².